The van der Waals surface area contributed by atoms with E-state index in [2.05, 4.69) is 32.3 Å². The van der Waals surface area contributed by atoms with Gasteiger partial charge in [-0.3, -0.25) is 4.79 Å². The average molecular weight is 355 g/mol. The van der Waals surface area contributed by atoms with E-state index in [1.54, 1.807) is 6.92 Å². The van der Waals surface area contributed by atoms with Crippen molar-refractivity contribution in [2.45, 2.75) is 109 Å². The number of carbonyl (C=O) groups excluding carboxylic acids is 1. The first-order valence-electron chi connectivity index (χ1n) is 10.3. The molecular formula is C22H42OS. The van der Waals surface area contributed by atoms with E-state index in [1.807, 2.05) is 11.8 Å². The molecule has 0 saturated heterocycles. The summed E-state index contributed by atoms with van der Waals surface area (Å²) < 4.78 is 0. The van der Waals surface area contributed by atoms with Crippen molar-refractivity contribution < 1.29 is 4.79 Å². The normalized spacial score (nSPS) is 14.2. The second-order valence-electron chi connectivity index (χ2n) is 7.32. The zero-order valence-electron chi connectivity index (χ0n) is 16.8. The van der Waals surface area contributed by atoms with Gasteiger partial charge in [-0.25, -0.2) is 0 Å². The lowest BCUT2D eigenvalue weighted by molar-refractivity contribution is -0.117. The molecule has 0 bridgehead atoms. The second-order valence-corrected chi connectivity index (χ2v) is 8.40. The van der Waals surface area contributed by atoms with Crippen molar-refractivity contribution in [1.82, 2.24) is 0 Å². The summed E-state index contributed by atoms with van der Waals surface area (Å²) in [6.07, 6.45) is 23.7. The molecule has 0 aromatic heterocycles. The SMILES string of the molecule is CCCCCCCCC=CCCCCCC(C)C(CC(C)=O)SC. The minimum Gasteiger partial charge on any atom is -0.300 e. The van der Waals surface area contributed by atoms with Gasteiger partial charge in [-0.1, -0.05) is 70.9 Å². The van der Waals surface area contributed by atoms with E-state index in [9.17, 15) is 4.79 Å². The fourth-order valence-electron chi connectivity index (χ4n) is 3.17. The smallest absolute Gasteiger partial charge is 0.130 e. The monoisotopic (exact) mass is 354 g/mol. The number of Topliss-reactive ketones (excluding diaryl/α,β-unsaturated/α-hetero) is 1. The third kappa shape index (κ3) is 15.3. The summed E-state index contributed by atoms with van der Waals surface area (Å²) in [7, 11) is 0. The summed E-state index contributed by atoms with van der Waals surface area (Å²) in [5.74, 6) is 0.990. The number of rotatable bonds is 17. The zero-order chi connectivity index (χ0) is 18.0. The van der Waals surface area contributed by atoms with Crippen LogP contribution in [0.2, 0.25) is 0 Å². The lowest BCUT2D eigenvalue weighted by Gasteiger charge is -2.20. The van der Waals surface area contributed by atoms with Crippen LogP contribution in [0.5, 0.6) is 0 Å². The second kappa shape index (κ2) is 17.6. The van der Waals surface area contributed by atoms with Crippen LogP contribution in [0, 0.1) is 5.92 Å². The van der Waals surface area contributed by atoms with E-state index in [4.69, 9.17) is 0 Å². The quantitative estimate of drug-likeness (QED) is 0.198. The Morgan fingerprint density at radius 1 is 0.917 bits per heavy atom. The molecule has 2 heteroatoms. The Balaban J connectivity index is 3.46. The number of unbranched alkanes of at least 4 members (excludes halogenated alkanes) is 9. The van der Waals surface area contributed by atoms with Crippen molar-refractivity contribution in [2.24, 2.45) is 5.92 Å². The van der Waals surface area contributed by atoms with Crippen LogP contribution < -0.4 is 0 Å². The van der Waals surface area contributed by atoms with Crippen LogP contribution in [0.15, 0.2) is 12.2 Å². The third-order valence-electron chi connectivity index (χ3n) is 4.85. The van der Waals surface area contributed by atoms with E-state index in [-0.39, 0.29) is 0 Å². The first kappa shape index (κ1) is 23.8. The minimum atomic E-state index is 0.330. The standard InChI is InChI=1S/C22H42OS/c1-5-6-7-8-9-10-11-12-13-14-15-16-17-18-20(2)22(24-4)19-21(3)23/h12-13,20,22H,5-11,14-19H2,1-4H3. The largest absolute Gasteiger partial charge is 0.300 e. The van der Waals surface area contributed by atoms with Gasteiger partial charge in [-0.05, 0) is 51.2 Å². The van der Waals surface area contributed by atoms with Gasteiger partial charge in [0.1, 0.15) is 5.78 Å². The first-order valence-corrected chi connectivity index (χ1v) is 11.6. The van der Waals surface area contributed by atoms with Gasteiger partial charge >= 0.3 is 0 Å². The Morgan fingerprint density at radius 2 is 1.46 bits per heavy atom. The van der Waals surface area contributed by atoms with E-state index in [0.717, 1.165) is 6.42 Å². The summed E-state index contributed by atoms with van der Waals surface area (Å²) in [6.45, 7) is 6.30. The number of carbonyl (C=O) groups is 1. The fourth-order valence-corrected chi connectivity index (χ4v) is 4.17. The summed E-state index contributed by atoms with van der Waals surface area (Å²) in [5, 5.41) is 0.514. The number of allylic oxidation sites excluding steroid dienone is 2. The maximum absolute atomic E-state index is 11.3. The van der Waals surface area contributed by atoms with Crippen LogP contribution in [0.3, 0.4) is 0 Å². The molecule has 2 unspecified atom stereocenters. The summed E-state index contributed by atoms with van der Waals surface area (Å²) in [5.41, 5.74) is 0. The third-order valence-corrected chi connectivity index (χ3v) is 6.08. The maximum atomic E-state index is 11.3. The van der Waals surface area contributed by atoms with Crippen molar-refractivity contribution in [3.05, 3.63) is 12.2 Å². The molecule has 0 spiro atoms. The van der Waals surface area contributed by atoms with Gasteiger partial charge in [0.05, 0.1) is 0 Å². The molecule has 0 fully saturated rings. The van der Waals surface area contributed by atoms with Gasteiger partial charge < -0.3 is 0 Å². The summed E-state index contributed by atoms with van der Waals surface area (Å²) in [4.78, 5) is 11.3. The van der Waals surface area contributed by atoms with E-state index >= 15 is 0 Å². The highest BCUT2D eigenvalue weighted by molar-refractivity contribution is 7.99. The molecule has 0 aliphatic rings. The van der Waals surface area contributed by atoms with Crippen molar-refractivity contribution in [1.29, 1.82) is 0 Å². The highest BCUT2D eigenvalue weighted by Crippen LogP contribution is 2.25. The molecule has 2 atom stereocenters. The number of hydrogen-bond acceptors (Lipinski definition) is 2. The van der Waals surface area contributed by atoms with Crippen LogP contribution in [-0.4, -0.2) is 17.3 Å². The van der Waals surface area contributed by atoms with Crippen LogP contribution in [0.4, 0.5) is 0 Å². The summed E-state index contributed by atoms with van der Waals surface area (Å²) in [6, 6.07) is 0. The Morgan fingerprint density at radius 3 is 2.00 bits per heavy atom. The molecule has 0 N–H and O–H groups in total. The molecular weight excluding hydrogens is 312 g/mol. The van der Waals surface area contributed by atoms with Crippen LogP contribution in [0.1, 0.15) is 104 Å². The first-order chi connectivity index (χ1) is 11.6. The number of hydrogen-bond donors (Lipinski definition) is 0. The van der Waals surface area contributed by atoms with Gasteiger partial charge in [0.25, 0.3) is 0 Å². The predicted molar refractivity (Wildman–Crippen MR) is 112 cm³/mol. The van der Waals surface area contributed by atoms with E-state index < -0.39 is 0 Å². The average Bonchev–Trinajstić information content (AvgIpc) is 2.56. The van der Waals surface area contributed by atoms with Crippen molar-refractivity contribution in [2.75, 3.05) is 6.26 Å². The molecule has 0 aliphatic carbocycles. The molecule has 0 aromatic rings. The number of thioether (sulfide) groups is 1. The van der Waals surface area contributed by atoms with Crippen molar-refractivity contribution >= 4 is 17.5 Å². The van der Waals surface area contributed by atoms with Gasteiger partial charge in [0, 0.05) is 11.7 Å². The van der Waals surface area contributed by atoms with Gasteiger partial charge in [-0.15, -0.1) is 0 Å². The van der Waals surface area contributed by atoms with Crippen LogP contribution in [0.25, 0.3) is 0 Å². The molecule has 24 heavy (non-hydrogen) atoms. The number of ketones is 1. The molecule has 0 radical (unpaired) electrons. The molecule has 0 aliphatic heterocycles. The molecule has 142 valence electrons. The van der Waals surface area contributed by atoms with Crippen molar-refractivity contribution in [3.8, 4) is 0 Å². The maximum Gasteiger partial charge on any atom is 0.130 e. The zero-order valence-corrected chi connectivity index (χ0v) is 17.6. The van der Waals surface area contributed by atoms with Crippen molar-refractivity contribution in [3.63, 3.8) is 0 Å². The van der Waals surface area contributed by atoms with Gasteiger partial charge in [0.15, 0.2) is 0 Å². The lowest BCUT2D eigenvalue weighted by atomic mass is 9.96. The Hall–Kier alpha value is -0.240. The molecule has 0 rings (SSSR count). The van der Waals surface area contributed by atoms with Gasteiger partial charge in [0.2, 0.25) is 0 Å². The lowest BCUT2D eigenvalue weighted by Crippen LogP contribution is -2.17. The molecule has 0 heterocycles. The van der Waals surface area contributed by atoms with Crippen LogP contribution in [-0.2, 0) is 4.79 Å². The topological polar surface area (TPSA) is 17.1 Å². The molecule has 0 aromatic carbocycles. The Labute approximate surface area is 156 Å². The fraction of sp³-hybridized carbons (Fsp3) is 0.864. The summed E-state index contributed by atoms with van der Waals surface area (Å²) >= 11 is 1.86. The Bertz CT molecular complexity index is 311. The molecule has 0 saturated carbocycles. The highest BCUT2D eigenvalue weighted by Gasteiger charge is 2.17. The minimum absolute atomic E-state index is 0.330. The highest BCUT2D eigenvalue weighted by atomic mass is 32.2. The molecule has 1 nitrogen and oxygen atoms in total. The van der Waals surface area contributed by atoms with E-state index in [1.165, 1.54) is 77.0 Å². The molecule has 0 amide bonds. The predicted octanol–water partition coefficient (Wildman–Crippen LogP) is 7.59. The van der Waals surface area contributed by atoms with E-state index in [0.29, 0.717) is 17.0 Å². The Kier molecular flexibility index (Phi) is 17.4. The van der Waals surface area contributed by atoms with Gasteiger partial charge in [-0.2, -0.15) is 11.8 Å². The van der Waals surface area contributed by atoms with Crippen LogP contribution >= 0.6 is 11.8 Å².